The number of hydrogen-bond acceptors (Lipinski definition) is 4. The van der Waals surface area contributed by atoms with Gasteiger partial charge in [0.2, 0.25) is 0 Å². The van der Waals surface area contributed by atoms with Crippen molar-refractivity contribution in [1.82, 2.24) is 0 Å². The van der Waals surface area contributed by atoms with Crippen LogP contribution in [0.15, 0.2) is 29.6 Å². The molecule has 0 aliphatic heterocycles. The Morgan fingerprint density at radius 2 is 2.05 bits per heavy atom. The van der Waals surface area contributed by atoms with Crippen molar-refractivity contribution in [3.63, 3.8) is 0 Å². The number of benzene rings is 1. The van der Waals surface area contributed by atoms with Gasteiger partial charge >= 0.3 is 0 Å². The third-order valence-electron chi connectivity index (χ3n) is 2.96. The molecule has 1 unspecified atom stereocenters. The average Bonchev–Trinajstić information content (AvgIpc) is 2.88. The molecule has 0 aliphatic carbocycles. The molecule has 0 aliphatic rings. The highest BCUT2D eigenvalue weighted by molar-refractivity contribution is 7.10. The Morgan fingerprint density at radius 3 is 2.74 bits per heavy atom. The first kappa shape index (κ1) is 13.9. The lowest BCUT2D eigenvalue weighted by Crippen LogP contribution is -2.13. The lowest BCUT2D eigenvalue weighted by atomic mass is 10.0. The minimum Gasteiger partial charge on any atom is -0.496 e. The molecule has 0 amide bonds. The summed E-state index contributed by atoms with van der Waals surface area (Å²) in [5.74, 6) is 1.68. The fourth-order valence-electron chi connectivity index (χ4n) is 2.04. The number of rotatable bonds is 5. The highest BCUT2D eigenvalue weighted by Crippen LogP contribution is 2.37. The predicted molar refractivity (Wildman–Crippen MR) is 79.2 cm³/mol. The van der Waals surface area contributed by atoms with Crippen molar-refractivity contribution in [3.05, 3.63) is 45.6 Å². The Hall–Kier alpha value is -1.52. The van der Waals surface area contributed by atoms with E-state index in [2.05, 4.69) is 13.0 Å². The topological polar surface area (TPSA) is 44.5 Å². The van der Waals surface area contributed by atoms with Crippen LogP contribution < -0.4 is 15.2 Å². The van der Waals surface area contributed by atoms with Crippen molar-refractivity contribution in [2.75, 3.05) is 13.7 Å². The van der Waals surface area contributed by atoms with Gasteiger partial charge in [-0.25, -0.2) is 0 Å². The molecule has 0 radical (unpaired) electrons. The molecule has 1 heterocycles. The minimum atomic E-state index is -0.226. The zero-order chi connectivity index (χ0) is 13.8. The normalized spacial score (nSPS) is 12.2. The van der Waals surface area contributed by atoms with Crippen molar-refractivity contribution < 1.29 is 9.47 Å². The number of ether oxygens (including phenoxy) is 2. The Labute approximate surface area is 118 Å². The van der Waals surface area contributed by atoms with Gasteiger partial charge in [0.25, 0.3) is 0 Å². The Bertz CT molecular complexity index is 551. The largest absolute Gasteiger partial charge is 0.496 e. The molecule has 102 valence electrons. The Balaban J connectivity index is 2.42. The quantitative estimate of drug-likeness (QED) is 0.909. The van der Waals surface area contributed by atoms with E-state index >= 15 is 0 Å². The summed E-state index contributed by atoms with van der Waals surface area (Å²) in [6.07, 6.45) is 0. The maximum absolute atomic E-state index is 6.39. The van der Waals surface area contributed by atoms with Gasteiger partial charge in [0.15, 0.2) is 0 Å². The molecule has 0 saturated heterocycles. The zero-order valence-corrected chi connectivity index (χ0v) is 12.3. The fraction of sp³-hybridized carbons (Fsp3) is 0.333. The van der Waals surface area contributed by atoms with Gasteiger partial charge in [-0.1, -0.05) is 17.7 Å². The summed E-state index contributed by atoms with van der Waals surface area (Å²) in [6.45, 7) is 4.66. The smallest absolute Gasteiger partial charge is 0.134 e. The fourth-order valence-corrected chi connectivity index (χ4v) is 2.92. The van der Waals surface area contributed by atoms with E-state index in [1.54, 1.807) is 18.4 Å². The highest BCUT2D eigenvalue weighted by Gasteiger charge is 2.19. The summed E-state index contributed by atoms with van der Waals surface area (Å²) in [6, 6.07) is 7.81. The summed E-state index contributed by atoms with van der Waals surface area (Å²) in [5.41, 5.74) is 8.56. The third kappa shape index (κ3) is 2.91. The van der Waals surface area contributed by atoms with E-state index in [9.17, 15) is 0 Å². The SMILES string of the molecule is CCOc1ccc(C)cc1C(N)c1sccc1OC. The van der Waals surface area contributed by atoms with E-state index in [0.29, 0.717) is 6.61 Å². The molecule has 0 spiro atoms. The number of methoxy groups -OCH3 is 1. The average molecular weight is 277 g/mol. The van der Waals surface area contributed by atoms with Gasteiger partial charge in [-0.05, 0) is 31.4 Å². The van der Waals surface area contributed by atoms with Crippen molar-refractivity contribution in [2.24, 2.45) is 5.73 Å². The van der Waals surface area contributed by atoms with E-state index < -0.39 is 0 Å². The first-order valence-corrected chi connectivity index (χ1v) is 7.15. The van der Waals surface area contributed by atoms with Crippen molar-refractivity contribution >= 4 is 11.3 Å². The second-order valence-electron chi connectivity index (χ2n) is 4.31. The molecular weight excluding hydrogens is 258 g/mol. The number of hydrogen-bond donors (Lipinski definition) is 1. The number of aryl methyl sites for hydroxylation is 1. The highest BCUT2D eigenvalue weighted by atomic mass is 32.1. The second kappa shape index (κ2) is 6.08. The molecule has 2 aromatic rings. The molecule has 0 bridgehead atoms. The number of thiophene rings is 1. The van der Waals surface area contributed by atoms with Gasteiger partial charge in [0.1, 0.15) is 11.5 Å². The van der Waals surface area contributed by atoms with E-state index in [1.807, 2.05) is 30.5 Å². The van der Waals surface area contributed by atoms with Crippen LogP contribution in [0.2, 0.25) is 0 Å². The van der Waals surface area contributed by atoms with Crippen LogP contribution in [0, 0.1) is 6.92 Å². The maximum atomic E-state index is 6.39. The van der Waals surface area contributed by atoms with Gasteiger partial charge in [0, 0.05) is 5.56 Å². The van der Waals surface area contributed by atoms with Crippen LogP contribution in [0.25, 0.3) is 0 Å². The van der Waals surface area contributed by atoms with E-state index in [-0.39, 0.29) is 6.04 Å². The molecule has 2 N–H and O–H groups in total. The molecule has 19 heavy (non-hydrogen) atoms. The standard InChI is InChI=1S/C15H19NO2S/c1-4-18-12-6-5-10(2)9-11(12)14(16)15-13(17-3)7-8-19-15/h5-9,14H,4,16H2,1-3H3. The third-order valence-corrected chi connectivity index (χ3v) is 3.94. The van der Waals surface area contributed by atoms with Crippen LogP contribution in [-0.4, -0.2) is 13.7 Å². The predicted octanol–water partition coefficient (Wildman–Crippen LogP) is 3.51. The first-order chi connectivity index (χ1) is 9.17. The Kier molecular flexibility index (Phi) is 4.45. The van der Waals surface area contributed by atoms with Gasteiger partial charge in [-0.2, -0.15) is 0 Å². The minimum absolute atomic E-state index is 0.226. The monoisotopic (exact) mass is 277 g/mol. The second-order valence-corrected chi connectivity index (χ2v) is 5.25. The lowest BCUT2D eigenvalue weighted by molar-refractivity contribution is 0.335. The molecule has 2 rings (SSSR count). The summed E-state index contributed by atoms with van der Waals surface area (Å²) in [4.78, 5) is 1.02. The van der Waals surface area contributed by atoms with Crippen molar-refractivity contribution in [3.8, 4) is 11.5 Å². The van der Waals surface area contributed by atoms with E-state index in [4.69, 9.17) is 15.2 Å². The van der Waals surface area contributed by atoms with Crippen LogP contribution in [0.4, 0.5) is 0 Å². The van der Waals surface area contributed by atoms with Gasteiger partial charge < -0.3 is 15.2 Å². The molecule has 1 aromatic carbocycles. The van der Waals surface area contributed by atoms with Gasteiger partial charge in [-0.3, -0.25) is 0 Å². The van der Waals surface area contributed by atoms with E-state index in [1.165, 1.54) is 5.56 Å². The van der Waals surface area contributed by atoms with Crippen molar-refractivity contribution in [2.45, 2.75) is 19.9 Å². The molecular formula is C15H19NO2S. The summed E-state index contributed by atoms with van der Waals surface area (Å²) in [5, 5.41) is 1.99. The molecule has 4 heteroatoms. The summed E-state index contributed by atoms with van der Waals surface area (Å²) < 4.78 is 11.0. The molecule has 0 fully saturated rings. The summed E-state index contributed by atoms with van der Waals surface area (Å²) in [7, 11) is 1.66. The maximum Gasteiger partial charge on any atom is 0.134 e. The molecule has 3 nitrogen and oxygen atoms in total. The molecule has 1 aromatic heterocycles. The first-order valence-electron chi connectivity index (χ1n) is 6.27. The zero-order valence-electron chi connectivity index (χ0n) is 11.5. The molecule has 1 atom stereocenters. The lowest BCUT2D eigenvalue weighted by Gasteiger charge is -2.17. The van der Waals surface area contributed by atoms with Crippen LogP contribution in [0.3, 0.4) is 0 Å². The van der Waals surface area contributed by atoms with Gasteiger partial charge in [-0.15, -0.1) is 11.3 Å². The van der Waals surface area contributed by atoms with Crippen LogP contribution in [0.5, 0.6) is 11.5 Å². The van der Waals surface area contributed by atoms with Crippen LogP contribution in [-0.2, 0) is 0 Å². The van der Waals surface area contributed by atoms with Gasteiger partial charge in [0.05, 0.1) is 24.6 Å². The van der Waals surface area contributed by atoms with Crippen LogP contribution >= 0.6 is 11.3 Å². The Morgan fingerprint density at radius 1 is 1.26 bits per heavy atom. The number of nitrogens with two attached hydrogens (primary N) is 1. The van der Waals surface area contributed by atoms with E-state index in [0.717, 1.165) is 21.9 Å². The molecule has 0 saturated carbocycles. The van der Waals surface area contributed by atoms with Crippen molar-refractivity contribution in [1.29, 1.82) is 0 Å². The van der Waals surface area contributed by atoms with Crippen LogP contribution in [0.1, 0.15) is 29.0 Å². The summed E-state index contributed by atoms with van der Waals surface area (Å²) >= 11 is 1.60.